The Bertz CT molecular complexity index is 960. The summed E-state index contributed by atoms with van der Waals surface area (Å²) in [6, 6.07) is 15.7. The largest absolute Gasteiger partial charge is 0.354 e. The molecule has 40 heavy (non-hydrogen) atoms. The summed E-state index contributed by atoms with van der Waals surface area (Å²) >= 11 is 0. The second-order valence-corrected chi connectivity index (χ2v) is 10.9. The molecular weight excluding hydrogens is 496 g/mol. The Hall–Kier alpha value is -3.02. The highest BCUT2D eigenvalue weighted by atomic mass is 16.2. The minimum Gasteiger partial charge on any atom is -0.354 e. The van der Waals surface area contributed by atoms with E-state index in [2.05, 4.69) is 27.8 Å². The lowest BCUT2D eigenvalue weighted by Crippen LogP contribution is -2.45. The molecule has 0 aliphatic heterocycles. The van der Waals surface area contributed by atoms with Gasteiger partial charge in [0.25, 0.3) is 5.91 Å². The van der Waals surface area contributed by atoms with Gasteiger partial charge in [0.05, 0.1) is 11.4 Å². The molecule has 0 saturated heterocycles. The first-order chi connectivity index (χ1) is 19.6. The van der Waals surface area contributed by atoms with Crippen LogP contribution in [0.25, 0.3) is 0 Å². The molecule has 0 aromatic heterocycles. The molecule has 2 amide bonds. The van der Waals surface area contributed by atoms with Crippen LogP contribution in [0.3, 0.4) is 0 Å². The second-order valence-electron chi connectivity index (χ2n) is 10.9. The van der Waals surface area contributed by atoms with Crippen LogP contribution in [0.15, 0.2) is 64.8 Å². The Labute approximate surface area is 242 Å². The molecule has 0 unspecified atom stereocenters. The predicted octanol–water partition coefficient (Wildman–Crippen LogP) is 9.60. The normalized spacial score (nSPS) is 11.9. The highest BCUT2D eigenvalue weighted by Gasteiger charge is 2.16. The second kappa shape index (κ2) is 21.8. The highest BCUT2D eigenvalue weighted by molar-refractivity contribution is 5.97. The molecule has 6 nitrogen and oxygen atoms in total. The molecule has 0 heterocycles. The molecule has 2 aromatic carbocycles. The Kier molecular flexibility index (Phi) is 18.1. The van der Waals surface area contributed by atoms with Gasteiger partial charge in [0, 0.05) is 12.1 Å². The Morgan fingerprint density at radius 3 is 1.57 bits per heavy atom. The maximum absolute atomic E-state index is 12.5. The van der Waals surface area contributed by atoms with Gasteiger partial charge in [-0.1, -0.05) is 121 Å². The number of amides is 2. The first-order valence-electron chi connectivity index (χ1n) is 15.8. The van der Waals surface area contributed by atoms with E-state index in [1.165, 1.54) is 89.9 Å². The van der Waals surface area contributed by atoms with E-state index in [0.29, 0.717) is 17.8 Å². The van der Waals surface area contributed by atoms with Gasteiger partial charge in [0.2, 0.25) is 5.91 Å². The van der Waals surface area contributed by atoms with E-state index in [9.17, 15) is 9.59 Å². The lowest BCUT2D eigenvalue weighted by Gasteiger charge is -2.14. The van der Waals surface area contributed by atoms with Crippen LogP contribution < -0.4 is 10.6 Å². The van der Waals surface area contributed by atoms with Crippen LogP contribution in [0.5, 0.6) is 0 Å². The number of rotatable bonds is 22. The van der Waals surface area contributed by atoms with Crippen molar-refractivity contribution in [1.82, 2.24) is 10.6 Å². The van der Waals surface area contributed by atoms with Gasteiger partial charge >= 0.3 is 0 Å². The van der Waals surface area contributed by atoms with E-state index in [1.807, 2.05) is 30.3 Å². The van der Waals surface area contributed by atoms with Crippen LogP contribution in [0.4, 0.5) is 11.4 Å². The van der Waals surface area contributed by atoms with Crippen molar-refractivity contribution in [3.05, 3.63) is 60.2 Å². The lowest BCUT2D eigenvalue weighted by molar-refractivity contribution is -0.122. The number of unbranched alkanes of at least 4 members (excludes halogenated alkanes) is 15. The average molecular weight is 549 g/mol. The van der Waals surface area contributed by atoms with Crippen molar-refractivity contribution >= 4 is 23.2 Å². The van der Waals surface area contributed by atoms with Crippen molar-refractivity contribution in [1.29, 1.82) is 0 Å². The summed E-state index contributed by atoms with van der Waals surface area (Å²) in [6.07, 6.45) is 21.3. The molecule has 1 atom stereocenters. The molecule has 0 bridgehead atoms. The van der Waals surface area contributed by atoms with E-state index in [0.717, 1.165) is 18.5 Å². The topological polar surface area (TPSA) is 82.9 Å². The Balaban J connectivity index is 1.45. The average Bonchev–Trinajstić information content (AvgIpc) is 2.98. The number of carbonyl (C=O) groups is 2. The fourth-order valence-electron chi connectivity index (χ4n) is 4.67. The van der Waals surface area contributed by atoms with E-state index in [1.54, 1.807) is 31.2 Å². The van der Waals surface area contributed by atoms with Gasteiger partial charge < -0.3 is 10.6 Å². The van der Waals surface area contributed by atoms with E-state index >= 15 is 0 Å². The molecule has 0 spiro atoms. The third-order valence-electron chi connectivity index (χ3n) is 7.24. The zero-order valence-corrected chi connectivity index (χ0v) is 25.0. The number of hydrogen-bond acceptors (Lipinski definition) is 4. The number of carbonyl (C=O) groups excluding carboxylic acids is 2. The van der Waals surface area contributed by atoms with Crippen LogP contribution in [-0.4, -0.2) is 24.4 Å². The van der Waals surface area contributed by atoms with Gasteiger partial charge in [-0.15, -0.1) is 0 Å². The SMILES string of the molecule is CCCCCCCCCCCCCCCCCCNC(=O)[C@H](C)NC(=O)c1ccc(N=Nc2ccccc2)cc1. The van der Waals surface area contributed by atoms with Crippen molar-refractivity contribution < 1.29 is 9.59 Å². The summed E-state index contributed by atoms with van der Waals surface area (Å²) < 4.78 is 0. The molecule has 0 aliphatic carbocycles. The minimum atomic E-state index is -0.592. The van der Waals surface area contributed by atoms with E-state index < -0.39 is 6.04 Å². The van der Waals surface area contributed by atoms with Gasteiger partial charge in [-0.05, 0) is 49.7 Å². The number of azo groups is 1. The molecule has 0 saturated carbocycles. The van der Waals surface area contributed by atoms with E-state index in [-0.39, 0.29) is 11.8 Å². The van der Waals surface area contributed by atoms with Crippen molar-refractivity contribution in [3.63, 3.8) is 0 Å². The molecule has 2 rings (SSSR count). The summed E-state index contributed by atoms with van der Waals surface area (Å²) in [5.74, 6) is -0.431. The lowest BCUT2D eigenvalue weighted by atomic mass is 10.0. The minimum absolute atomic E-state index is 0.150. The summed E-state index contributed by atoms with van der Waals surface area (Å²) in [5, 5.41) is 14.1. The first kappa shape index (κ1) is 33.2. The fraction of sp³-hybridized carbons (Fsp3) is 0.588. The maximum atomic E-state index is 12.5. The zero-order valence-electron chi connectivity index (χ0n) is 25.0. The number of nitrogens with zero attached hydrogens (tertiary/aromatic N) is 2. The highest BCUT2D eigenvalue weighted by Crippen LogP contribution is 2.18. The van der Waals surface area contributed by atoms with Crippen LogP contribution in [0.1, 0.15) is 127 Å². The van der Waals surface area contributed by atoms with Crippen molar-refractivity contribution in [3.8, 4) is 0 Å². The van der Waals surface area contributed by atoms with Crippen molar-refractivity contribution in [2.75, 3.05) is 6.54 Å². The standard InChI is InChI=1S/C34H52N4O2/c1-3-4-5-6-7-8-9-10-11-12-13-14-15-16-17-21-28-35-33(39)29(2)36-34(40)30-24-26-32(27-25-30)38-37-31-22-19-18-20-23-31/h18-20,22-27,29H,3-17,21,28H2,1-2H3,(H,35,39)(H,36,40)/t29-/m0/s1. The smallest absolute Gasteiger partial charge is 0.251 e. The summed E-state index contributed by atoms with van der Waals surface area (Å²) in [4.78, 5) is 24.9. The zero-order chi connectivity index (χ0) is 28.7. The monoisotopic (exact) mass is 548 g/mol. The quantitative estimate of drug-likeness (QED) is 0.113. The Morgan fingerprint density at radius 1 is 0.625 bits per heavy atom. The summed E-state index contributed by atoms with van der Waals surface area (Å²) in [6.45, 7) is 4.64. The van der Waals surface area contributed by atoms with Gasteiger partial charge in [-0.2, -0.15) is 10.2 Å². The van der Waals surface area contributed by atoms with Crippen LogP contribution in [0.2, 0.25) is 0 Å². The third-order valence-corrected chi connectivity index (χ3v) is 7.24. The fourth-order valence-corrected chi connectivity index (χ4v) is 4.67. The maximum Gasteiger partial charge on any atom is 0.251 e. The number of nitrogens with one attached hydrogen (secondary N) is 2. The van der Waals surface area contributed by atoms with Crippen molar-refractivity contribution in [2.24, 2.45) is 10.2 Å². The molecule has 220 valence electrons. The number of hydrogen-bond donors (Lipinski definition) is 2. The molecule has 0 fully saturated rings. The third kappa shape index (κ3) is 15.5. The molecule has 0 aliphatic rings. The number of benzene rings is 2. The van der Waals surface area contributed by atoms with Gasteiger partial charge in [-0.3, -0.25) is 9.59 Å². The summed E-state index contributed by atoms with van der Waals surface area (Å²) in [5.41, 5.74) is 1.91. The van der Waals surface area contributed by atoms with Gasteiger partial charge in [-0.25, -0.2) is 0 Å². The molecule has 2 aromatic rings. The predicted molar refractivity (Wildman–Crippen MR) is 167 cm³/mol. The summed E-state index contributed by atoms with van der Waals surface area (Å²) in [7, 11) is 0. The van der Waals surface area contributed by atoms with E-state index in [4.69, 9.17) is 0 Å². The molecule has 0 radical (unpaired) electrons. The van der Waals surface area contributed by atoms with Gasteiger partial charge in [0.1, 0.15) is 6.04 Å². The van der Waals surface area contributed by atoms with Crippen LogP contribution in [-0.2, 0) is 4.79 Å². The molecule has 6 heteroatoms. The first-order valence-corrected chi connectivity index (χ1v) is 15.8. The van der Waals surface area contributed by atoms with Crippen LogP contribution in [0, 0.1) is 0 Å². The van der Waals surface area contributed by atoms with Crippen LogP contribution >= 0.6 is 0 Å². The molecule has 2 N–H and O–H groups in total. The van der Waals surface area contributed by atoms with Gasteiger partial charge in [0.15, 0.2) is 0 Å². The van der Waals surface area contributed by atoms with Crippen molar-refractivity contribution in [2.45, 2.75) is 123 Å². The molecular formula is C34H52N4O2. The Morgan fingerprint density at radius 2 is 1.07 bits per heavy atom.